The highest BCUT2D eigenvalue weighted by atomic mass is 15.3. The molecule has 0 amide bonds. The van der Waals surface area contributed by atoms with Crippen molar-refractivity contribution >= 4 is 11.0 Å². The maximum absolute atomic E-state index is 5.13. The number of rotatable bonds is 3. The number of benzene rings is 2. The summed E-state index contributed by atoms with van der Waals surface area (Å²) in [6, 6.07) is 18.2. The Hall–Kier alpha value is -2.13. The summed E-state index contributed by atoms with van der Waals surface area (Å²) in [6.45, 7) is 3.34. The second kappa shape index (κ2) is 6.45. The van der Waals surface area contributed by atoms with Crippen LogP contribution in [-0.2, 0) is 19.4 Å². The van der Waals surface area contributed by atoms with E-state index in [4.69, 9.17) is 4.98 Å². The summed E-state index contributed by atoms with van der Waals surface area (Å²) in [4.78, 5) is 8.01. The SMILES string of the molecule is CCc1ccc(-c2ccc3c(c2)nc2n3CC3CCC(C2)N3C2CCC2)cc1. The summed E-state index contributed by atoms with van der Waals surface area (Å²) in [7, 11) is 0. The Morgan fingerprint density at radius 2 is 1.68 bits per heavy atom. The number of hydrogen-bond donors (Lipinski definition) is 0. The van der Waals surface area contributed by atoms with Crippen molar-refractivity contribution < 1.29 is 0 Å². The van der Waals surface area contributed by atoms with Crippen LogP contribution in [0.2, 0.25) is 0 Å². The van der Waals surface area contributed by atoms with E-state index in [-0.39, 0.29) is 0 Å². The lowest BCUT2D eigenvalue weighted by atomic mass is 9.90. The number of aromatic nitrogens is 2. The number of nitrogens with zero attached hydrogens (tertiary/aromatic N) is 3. The van der Waals surface area contributed by atoms with Crippen LogP contribution in [0.5, 0.6) is 0 Å². The van der Waals surface area contributed by atoms with Gasteiger partial charge in [0, 0.05) is 31.1 Å². The largest absolute Gasteiger partial charge is 0.326 e. The maximum atomic E-state index is 5.13. The highest BCUT2D eigenvalue weighted by Crippen LogP contribution is 2.39. The Kier molecular flexibility index (Phi) is 3.87. The minimum atomic E-state index is 0.717. The summed E-state index contributed by atoms with van der Waals surface area (Å²) in [5, 5.41) is 0. The van der Waals surface area contributed by atoms with Gasteiger partial charge in [-0.1, -0.05) is 43.7 Å². The fourth-order valence-electron chi connectivity index (χ4n) is 5.73. The smallest absolute Gasteiger partial charge is 0.111 e. The van der Waals surface area contributed by atoms with Gasteiger partial charge in [0.05, 0.1) is 11.0 Å². The predicted octanol–water partition coefficient (Wildman–Crippen LogP) is 5.21. The molecule has 1 aliphatic carbocycles. The van der Waals surface area contributed by atoms with Gasteiger partial charge in [-0.15, -0.1) is 0 Å². The molecule has 1 saturated carbocycles. The summed E-state index contributed by atoms with van der Waals surface area (Å²) in [6.07, 6.45) is 9.19. The summed E-state index contributed by atoms with van der Waals surface area (Å²) in [5.41, 5.74) is 6.46. The molecule has 2 unspecified atom stereocenters. The summed E-state index contributed by atoms with van der Waals surface area (Å²) >= 11 is 0. The van der Waals surface area contributed by atoms with Crippen molar-refractivity contribution in [1.82, 2.24) is 14.5 Å². The van der Waals surface area contributed by atoms with Crippen molar-refractivity contribution in [2.45, 2.75) is 76.5 Å². The predicted molar refractivity (Wildman–Crippen MR) is 115 cm³/mol. The lowest BCUT2D eigenvalue weighted by Gasteiger charge is -2.41. The molecule has 3 heteroatoms. The third-order valence-corrected chi connectivity index (χ3v) is 7.51. The van der Waals surface area contributed by atoms with Crippen molar-refractivity contribution in [1.29, 1.82) is 0 Å². The fraction of sp³-hybridized carbons (Fsp3) is 0.480. The van der Waals surface area contributed by atoms with Gasteiger partial charge in [0.25, 0.3) is 0 Å². The molecular weight excluding hydrogens is 342 g/mol. The van der Waals surface area contributed by atoms with Crippen LogP contribution >= 0.6 is 0 Å². The zero-order valence-electron chi connectivity index (χ0n) is 16.8. The quantitative estimate of drug-likeness (QED) is 0.630. The number of hydrogen-bond acceptors (Lipinski definition) is 2. The molecule has 1 aromatic heterocycles. The fourth-order valence-corrected chi connectivity index (χ4v) is 5.73. The minimum Gasteiger partial charge on any atom is -0.326 e. The van der Waals surface area contributed by atoms with Gasteiger partial charge in [0.15, 0.2) is 0 Å². The van der Waals surface area contributed by atoms with E-state index in [1.165, 1.54) is 65.7 Å². The first-order chi connectivity index (χ1) is 13.8. The van der Waals surface area contributed by atoms with Crippen LogP contribution in [0.1, 0.15) is 50.4 Å². The van der Waals surface area contributed by atoms with Gasteiger partial charge in [-0.3, -0.25) is 4.90 Å². The van der Waals surface area contributed by atoms with Gasteiger partial charge >= 0.3 is 0 Å². The molecule has 0 spiro atoms. The molecule has 2 aromatic carbocycles. The monoisotopic (exact) mass is 371 g/mol. The van der Waals surface area contributed by atoms with Crippen LogP contribution < -0.4 is 0 Å². The van der Waals surface area contributed by atoms with Crippen molar-refractivity contribution in [2.24, 2.45) is 0 Å². The molecule has 28 heavy (non-hydrogen) atoms. The highest BCUT2D eigenvalue weighted by Gasteiger charge is 2.42. The van der Waals surface area contributed by atoms with Gasteiger partial charge in [0.1, 0.15) is 5.82 Å². The van der Waals surface area contributed by atoms with E-state index in [0.29, 0.717) is 0 Å². The number of aryl methyl sites for hydroxylation is 1. The average Bonchev–Trinajstić information content (AvgIpc) is 3.16. The zero-order valence-corrected chi connectivity index (χ0v) is 16.8. The Balaban J connectivity index is 1.36. The van der Waals surface area contributed by atoms with Crippen molar-refractivity contribution in [2.75, 3.05) is 0 Å². The third kappa shape index (κ3) is 2.56. The maximum Gasteiger partial charge on any atom is 0.111 e. The van der Waals surface area contributed by atoms with Gasteiger partial charge in [-0.2, -0.15) is 0 Å². The van der Waals surface area contributed by atoms with Crippen molar-refractivity contribution in [3.8, 4) is 11.1 Å². The van der Waals surface area contributed by atoms with E-state index >= 15 is 0 Å². The first-order valence-electron chi connectivity index (χ1n) is 11.2. The zero-order chi connectivity index (χ0) is 18.7. The first kappa shape index (κ1) is 16.8. The molecule has 1 saturated heterocycles. The van der Waals surface area contributed by atoms with Crippen LogP contribution in [-0.4, -0.2) is 32.6 Å². The van der Waals surface area contributed by atoms with E-state index < -0.39 is 0 Å². The Labute approximate surface area is 167 Å². The topological polar surface area (TPSA) is 21.1 Å². The van der Waals surface area contributed by atoms with Crippen molar-refractivity contribution in [3.63, 3.8) is 0 Å². The lowest BCUT2D eigenvalue weighted by molar-refractivity contribution is 0.0739. The molecule has 3 aromatic rings. The Morgan fingerprint density at radius 3 is 2.43 bits per heavy atom. The van der Waals surface area contributed by atoms with Gasteiger partial charge < -0.3 is 4.57 Å². The standard InChI is InChI=1S/C25H29N3/c1-2-17-6-8-18(9-7-17)19-10-13-24-23(14-19)26-25-15-21-11-12-22(16-27(24)25)28(21)20-4-3-5-20/h6-10,13-14,20-22H,2-5,11-12,15-16H2,1H3. The Morgan fingerprint density at radius 1 is 0.893 bits per heavy atom. The molecule has 2 atom stereocenters. The molecule has 6 rings (SSSR count). The van der Waals surface area contributed by atoms with Crippen LogP contribution in [0.3, 0.4) is 0 Å². The minimum absolute atomic E-state index is 0.717. The molecular formula is C25H29N3. The van der Waals surface area contributed by atoms with Gasteiger partial charge in [0.2, 0.25) is 0 Å². The van der Waals surface area contributed by atoms with Gasteiger partial charge in [-0.05, 0) is 60.9 Å². The Bertz CT molecular complexity index is 1010. The molecule has 2 bridgehead atoms. The molecule has 0 radical (unpaired) electrons. The normalized spacial score (nSPS) is 24.9. The third-order valence-electron chi connectivity index (χ3n) is 7.51. The number of fused-ring (bicyclic) bond motifs is 5. The van der Waals surface area contributed by atoms with E-state index in [1.54, 1.807) is 0 Å². The van der Waals surface area contributed by atoms with Crippen LogP contribution in [0.4, 0.5) is 0 Å². The first-order valence-corrected chi connectivity index (χ1v) is 11.2. The van der Waals surface area contributed by atoms with Crippen LogP contribution in [0.25, 0.3) is 22.2 Å². The van der Waals surface area contributed by atoms with Crippen LogP contribution in [0, 0.1) is 0 Å². The summed E-state index contributed by atoms with van der Waals surface area (Å²) < 4.78 is 2.54. The molecule has 3 aliphatic rings. The van der Waals surface area contributed by atoms with E-state index in [9.17, 15) is 0 Å². The van der Waals surface area contributed by atoms with Crippen LogP contribution in [0.15, 0.2) is 42.5 Å². The molecule has 0 N–H and O–H groups in total. The van der Waals surface area contributed by atoms with E-state index in [1.807, 2.05) is 0 Å². The van der Waals surface area contributed by atoms with Crippen molar-refractivity contribution in [3.05, 3.63) is 53.9 Å². The second-order valence-electron chi connectivity index (χ2n) is 9.01. The second-order valence-corrected chi connectivity index (χ2v) is 9.01. The molecule has 2 aliphatic heterocycles. The van der Waals surface area contributed by atoms with Gasteiger partial charge in [-0.25, -0.2) is 4.98 Å². The average molecular weight is 372 g/mol. The molecule has 2 fully saturated rings. The lowest BCUT2D eigenvalue weighted by Crippen LogP contribution is -2.48. The molecule has 3 heterocycles. The number of imidazole rings is 1. The molecule has 144 valence electrons. The van der Waals surface area contributed by atoms with E-state index in [2.05, 4.69) is 58.9 Å². The van der Waals surface area contributed by atoms with E-state index in [0.717, 1.165) is 37.5 Å². The highest BCUT2D eigenvalue weighted by molar-refractivity contribution is 5.82. The summed E-state index contributed by atoms with van der Waals surface area (Å²) in [5.74, 6) is 1.31. The molecule has 3 nitrogen and oxygen atoms in total.